The Kier molecular flexibility index (Phi) is 6.86. The van der Waals surface area contributed by atoms with Crippen LogP contribution in [0.15, 0.2) is 66.2 Å². The molecular weight excluding hydrogens is 504 g/mol. The summed E-state index contributed by atoms with van der Waals surface area (Å²) < 4.78 is 19.6. The first-order valence-electron chi connectivity index (χ1n) is 11.1. The first-order chi connectivity index (χ1) is 16.9. The molecule has 186 valence electrons. The second-order valence-corrected chi connectivity index (χ2v) is 10.3. The van der Waals surface area contributed by atoms with Crippen LogP contribution in [0.4, 0.5) is 10.1 Å². The summed E-state index contributed by atoms with van der Waals surface area (Å²) in [5.41, 5.74) is 1.27. The Bertz CT molecular complexity index is 1410. The van der Waals surface area contributed by atoms with Gasteiger partial charge in [-0.25, -0.2) is 4.39 Å². The van der Waals surface area contributed by atoms with E-state index in [0.29, 0.717) is 11.3 Å². The minimum Gasteiger partial charge on any atom is -0.507 e. The summed E-state index contributed by atoms with van der Waals surface area (Å²) in [6.45, 7) is 6.03. The zero-order valence-corrected chi connectivity index (χ0v) is 21.6. The molecule has 0 radical (unpaired) electrons. The summed E-state index contributed by atoms with van der Waals surface area (Å²) in [4.78, 5) is 27.9. The summed E-state index contributed by atoms with van der Waals surface area (Å²) in [5, 5.41) is 12.0. The van der Waals surface area contributed by atoms with Crippen LogP contribution in [-0.2, 0) is 15.0 Å². The first kappa shape index (κ1) is 25.7. The van der Waals surface area contributed by atoms with Crippen molar-refractivity contribution in [2.75, 3.05) is 12.0 Å². The van der Waals surface area contributed by atoms with Crippen molar-refractivity contribution in [3.63, 3.8) is 0 Å². The van der Waals surface area contributed by atoms with E-state index in [1.54, 1.807) is 18.2 Å². The molecule has 5 nitrogen and oxygen atoms in total. The van der Waals surface area contributed by atoms with Gasteiger partial charge in [0, 0.05) is 5.69 Å². The predicted molar refractivity (Wildman–Crippen MR) is 139 cm³/mol. The van der Waals surface area contributed by atoms with Crippen LogP contribution in [0.2, 0.25) is 10.0 Å². The van der Waals surface area contributed by atoms with E-state index in [1.165, 1.54) is 37.4 Å². The molecule has 4 rings (SSSR count). The largest absolute Gasteiger partial charge is 0.507 e. The zero-order chi connectivity index (χ0) is 26.4. The van der Waals surface area contributed by atoms with E-state index in [0.717, 1.165) is 16.5 Å². The second kappa shape index (κ2) is 9.60. The Morgan fingerprint density at radius 3 is 2.33 bits per heavy atom. The van der Waals surface area contributed by atoms with Crippen LogP contribution < -0.4 is 9.64 Å². The van der Waals surface area contributed by atoms with Gasteiger partial charge in [-0.05, 0) is 59.0 Å². The maximum atomic E-state index is 14.1. The fourth-order valence-corrected chi connectivity index (χ4v) is 4.53. The number of anilines is 1. The summed E-state index contributed by atoms with van der Waals surface area (Å²) in [6, 6.07) is 14.2. The van der Waals surface area contributed by atoms with Crippen LogP contribution in [0.25, 0.3) is 5.76 Å². The molecule has 1 N–H and O–H groups in total. The number of amides is 1. The van der Waals surface area contributed by atoms with Gasteiger partial charge in [-0.1, -0.05) is 62.2 Å². The fourth-order valence-electron chi connectivity index (χ4n) is 4.23. The summed E-state index contributed by atoms with van der Waals surface area (Å²) in [5.74, 6) is -2.50. The van der Waals surface area contributed by atoms with Crippen LogP contribution in [0, 0.1) is 5.82 Å². The Balaban J connectivity index is 2.02. The Labute approximate surface area is 218 Å². The zero-order valence-electron chi connectivity index (χ0n) is 20.1. The van der Waals surface area contributed by atoms with Crippen LogP contribution in [0.1, 0.15) is 43.5 Å². The molecule has 1 saturated heterocycles. The molecule has 1 heterocycles. The van der Waals surface area contributed by atoms with E-state index >= 15 is 0 Å². The predicted octanol–water partition coefficient (Wildman–Crippen LogP) is 7.06. The van der Waals surface area contributed by atoms with Crippen molar-refractivity contribution in [2.45, 2.75) is 32.2 Å². The van der Waals surface area contributed by atoms with Crippen molar-refractivity contribution in [2.24, 2.45) is 0 Å². The van der Waals surface area contributed by atoms with Gasteiger partial charge in [-0.15, -0.1) is 0 Å². The highest BCUT2D eigenvalue weighted by molar-refractivity contribution is 6.52. The molecule has 1 atom stereocenters. The summed E-state index contributed by atoms with van der Waals surface area (Å²) in [6.07, 6.45) is 0. The number of halogens is 3. The number of aliphatic hydroxyl groups is 1. The minimum atomic E-state index is -1.09. The SMILES string of the molecule is COc1ccc(C(C)(C)C)cc1/C(O)=C1\C(=O)C(=O)N(c2cccc(F)c2)C1c1ccc(Cl)c(Cl)c1. The molecule has 1 aliphatic rings. The van der Waals surface area contributed by atoms with Gasteiger partial charge in [0.1, 0.15) is 17.3 Å². The number of ether oxygens (including phenoxy) is 1. The van der Waals surface area contributed by atoms with Crippen LogP contribution in [0.3, 0.4) is 0 Å². The normalized spacial score (nSPS) is 17.5. The van der Waals surface area contributed by atoms with Crippen molar-refractivity contribution in [1.29, 1.82) is 0 Å². The maximum Gasteiger partial charge on any atom is 0.300 e. The molecule has 0 saturated carbocycles. The lowest BCUT2D eigenvalue weighted by molar-refractivity contribution is -0.132. The van der Waals surface area contributed by atoms with Crippen LogP contribution in [0.5, 0.6) is 5.75 Å². The molecule has 1 amide bonds. The Morgan fingerprint density at radius 1 is 1.00 bits per heavy atom. The topological polar surface area (TPSA) is 66.8 Å². The monoisotopic (exact) mass is 527 g/mol. The van der Waals surface area contributed by atoms with Crippen molar-refractivity contribution in [3.8, 4) is 5.75 Å². The molecule has 0 aromatic heterocycles. The molecule has 0 aliphatic carbocycles. The van der Waals surface area contributed by atoms with E-state index in [9.17, 15) is 19.1 Å². The third kappa shape index (κ3) is 4.59. The van der Waals surface area contributed by atoms with Crippen molar-refractivity contribution in [1.82, 2.24) is 0 Å². The van der Waals surface area contributed by atoms with E-state index in [-0.39, 0.29) is 32.3 Å². The molecular formula is C28H24Cl2FNO4. The summed E-state index contributed by atoms with van der Waals surface area (Å²) in [7, 11) is 1.45. The highest BCUT2D eigenvalue weighted by atomic mass is 35.5. The lowest BCUT2D eigenvalue weighted by Gasteiger charge is -2.26. The first-order valence-corrected chi connectivity index (χ1v) is 11.9. The van der Waals surface area contributed by atoms with Gasteiger partial charge in [0.05, 0.1) is 34.3 Å². The van der Waals surface area contributed by atoms with E-state index in [2.05, 4.69) is 0 Å². The number of nitrogens with zero attached hydrogens (tertiary/aromatic N) is 1. The molecule has 1 unspecified atom stereocenters. The van der Waals surface area contributed by atoms with Crippen molar-refractivity contribution in [3.05, 3.63) is 98.8 Å². The van der Waals surface area contributed by atoms with Crippen molar-refractivity contribution >= 4 is 46.3 Å². The van der Waals surface area contributed by atoms with E-state index < -0.39 is 29.3 Å². The number of Topliss-reactive ketones (excluding diaryl/α,β-unsaturated/α-hetero) is 1. The average molecular weight is 528 g/mol. The molecule has 0 bridgehead atoms. The van der Waals surface area contributed by atoms with Crippen LogP contribution >= 0.6 is 23.2 Å². The number of ketones is 1. The molecule has 0 spiro atoms. The van der Waals surface area contributed by atoms with Gasteiger partial charge in [0.15, 0.2) is 0 Å². The minimum absolute atomic E-state index is 0.155. The van der Waals surface area contributed by atoms with Crippen molar-refractivity contribution < 1.29 is 23.8 Å². The number of rotatable bonds is 4. The molecule has 1 fully saturated rings. The Morgan fingerprint density at radius 2 is 1.72 bits per heavy atom. The fraction of sp³-hybridized carbons (Fsp3) is 0.214. The number of aliphatic hydroxyl groups excluding tert-OH is 1. The molecule has 8 heteroatoms. The second-order valence-electron chi connectivity index (χ2n) is 9.49. The molecule has 3 aromatic carbocycles. The van der Waals surface area contributed by atoms with Crippen LogP contribution in [-0.4, -0.2) is 23.9 Å². The smallest absolute Gasteiger partial charge is 0.300 e. The Hall–Kier alpha value is -3.35. The number of methoxy groups -OCH3 is 1. The highest BCUT2D eigenvalue weighted by Gasteiger charge is 2.47. The van der Waals surface area contributed by atoms with Gasteiger partial charge in [-0.3, -0.25) is 14.5 Å². The standard InChI is InChI=1S/C28H24Cl2FNO4/c1-28(2,3)16-9-11-22(36-4)19(13-16)25(33)23-24(15-8-10-20(29)21(30)12-15)32(27(35)26(23)34)18-7-5-6-17(31)14-18/h5-14,24,33H,1-4H3/b25-23+. The highest BCUT2D eigenvalue weighted by Crippen LogP contribution is 2.45. The lowest BCUT2D eigenvalue weighted by atomic mass is 9.85. The van der Waals surface area contributed by atoms with Gasteiger partial charge in [0.2, 0.25) is 0 Å². The van der Waals surface area contributed by atoms with Gasteiger partial charge < -0.3 is 9.84 Å². The number of benzene rings is 3. The number of carbonyl (C=O) groups excluding carboxylic acids is 2. The molecule has 36 heavy (non-hydrogen) atoms. The van der Waals surface area contributed by atoms with Gasteiger partial charge in [-0.2, -0.15) is 0 Å². The van der Waals surface area contributed by atoms with E-state index in [1.807, 2.05) is 26.8 Å². The number of carbonyl (C=O) groups is 2. The third-order valence-electron chi connectivity index (χ3n) is 6.11. The summed E-state index contributed by atoms with van der Waals surface area (Å²) >= 11 is 12.4. The van der Waals surface area contributed by atoms with Gasteiger partial charge in [0.25, 0.3) is 11.7 Å². The lowest BCUT2D eigenvalue weighted by Crippen LogP contribution is -2.29. The quantitative estimate of drug-likeness (QED) is 0.224. The molecule has 3 aromatic rings. The van der Waals surface area contributed by atoms with E-state index in [4.69, 9.17) is 27.9 Å². The maximum absolute atomic E-state index is 14.1. The molecule has 1 aliphatic heterocycles. The average Bonchev–Trinajstić information content (AvgIpc) is 3.09. The number of hydrogen-bond donors (Lipinski definition) is 1. The number of hydrogen-bond acceptors (Lipinski definition) is 4. The van der Waals surface area contributed by atoms with Gasteiger partial charge >= 0.3 is 0 Å². The third-order valence-corrected chi connectivity index (χ3v) is 6.85.